The number of anilines is 1. The highest BCUT2D eigenvalue weighted by atomic mass is 35.5. The molecule has 1 aromatic heterocycles. The van der Waals surface area contributed by atoms with E-state index in [1.807, 2.05) is 37.3 Å². The maximum atomic E-state index is 5.73. The molecule has 0 atom stereocenters. The molecular formula is C14H16ClNO2. The van der Waals surface area contributed by atoms with Gasteiger partial charge in [-0.2, -0.15) is 0 Å². The number of hydrogen-bond donors (Lipinski definition) is 1. The second kappa shape index (κ2) is 6.47. The number of para-hydroxylation sites is 1. The van der Waals surface area contributed by atoms with E-state index in [0.717, 1.165) is 17.0 Å². The summed E-state index contributed by atoms with van der Waals surface area (Å²) in [7, 11) is 0. The van der Waals surface area contributed by atoms with Crippen LogP contribution in [0.15, 0.2) is 40.8 Å². The summed E-state index contributed by atoms with van der Waals surface area (Å²) in [6.07, 6.45) is 0. The lowest BCUT2D eigenvalue weighted by Crippen LogP contribution is -2.02. The maximum Gasteiger partial charge on any atom is 0.193 e. The first-order chi connectivity index (χ1) is 8.79. The van der Waals surface area contributed by atoms with Crippen LogP contribution in [0.4, 0.5) is 5.69 Å². The highest BCUT2D eigenvalue weighted by Gasteiger charge is 2.03. The van der Waals surface area contributed by atoms with Crippen molar-refractivity contribution in [3.05, 3.63) is 52.9 Å². The van der Waals surface area contributed by atoms with Crippen molar-refractivity contribution in [3.8, 4) is 0 Å². The Labute approximate surface area is 112 Å². The predicted molar refractivity (Wildman–Crippen MR) is 72.8 cm³/mol. The third kappa shape index (κ3) is 3.52. The lowest BCUT2D eigenvalue weighted by molar-refractivity contribution is 0.134. The summed E-state index contributed by atoms with van der Waals surface area (Å²) in [5, 5.41) is 3.73. The molecule has 0 saturated heterocycles. The molecule has 0 aliphatic rings. The largest absolute Gasteiger partial charge is 0.448 e. The van der Waals surface area contributed by atoms with Crippen molar-refractivity contribution in [2.24, 2.45) is 0 Å². The van der Waals surface area contributed by atoms with Crippen LogP contribution in [0.1, 0.15) is 18.2 Å². The summed E-state index contributed by atoms with van der Waals surface area (Å²) >= 11 is 5.73. The molecule has 0 aliphatic carbocycles. The van der Waals surface area contributed by atoms with Gasteiger partial charge in [-0.15, -0.1) is 0 Å². The standard InChI is InChI=1S/C14H16ClNO2/c1-2-17-10-11-5-3-4-6-13(11)16-9-12-7-8-14(15)18-12/h3-8,16H,2,9-10H2,1H3. The quantitative estimate of drug-likeness (QED) is 0.855. The zero-order valence-electron chi connectivity index (χ0n) is 10.3. The minimum Gasteiger partial charge on any atom is -0.448 e. The summed E-state index contributed by atoms with van der Waals surface area (Å²) in [5.41, 5.74) is 2.19. The SMILES string of the molecule is CCOCc1ccccc1NCc1ccc(Cl)o1. The minimum absolute atomic E-state index is 0.411. The molecule has 96 valence electrons. The Morgan fingerprint density at radius 3 is 2.78 bits per heavy atom. The lowest BCUT2D eigenvalue weighted by atomic mass is 10.2. The van der Waals surface area contributed by atoms with E-state index in [2.05, 4.69) is 5.32 Å². The molecule has 1 aromatic carbocycles. The van der Waals surface area contributed by atoms with Gasteiger partial charge in [0.25, 0.3) is 0 Å². The molecule has 1 heterocycles. The molecule has 0 unspecified atom stereocenters. The predicted octanol–water partition coefficient (Wildman–Crippen LogP) is 4.08. The van der Waals surface area contributed by atoms with Crippen molar-refractivity contribution in [3.63, 3.8) is 0 Å². The van der Waals surface area contributed by atoms with Crippen LogP contribution in [0.3, 0.4) is 0 Å². The van der Waals surface area contributed by atoms with Gasteiger partial charge in [-0.1, -0.05) is 18.2 Å². The maximum absolute atomic E-state index is 5.73. The third-order valence-electron chi connectivity index (χ3n) is 2.56. The van der Waals surface area contributed by atoms with Crippen LogP contribution in [-0.4, -0.2) is 6.61 Å². The molecule has 1 N–H and O–H groups in total. The van der Waals surface area contributed by atoms with Crippen LogP contribution in [0.25, 0.3) is 0 Å². The number of hydrogen-bond acceptors (Lipinski definition) is 3. The van der Waals surface area contributed by atoms with Crippen LogP contribution in [0, 0.1) is 0 Å². The van der Waals surface area contributed by atoms with E-state index in [1.165, 1.54) is 0 Å². The van der Waals surface area contributed by atoms with E-state index >= 15 is 0 Å². The highest BCUT2D eigenvalue weighted by Crippen LogP contribution is 2.19. The van der Waals surface area contributed by atoms with Crippen LogP contribution in [-0.2, 0) is 17.9 Å². The molecule has 0 amide bonds. The molecule has 0 spiro atoms. The molecule has 2 aromatic rings. The molecular weight excluding hydrogens is 250 g/mol. The van der Waals surface area contributed by atoms with Gasteiger partial charge in [0.05, 0.1) is 13.2 Å². The number of nitrogens with one attached hydrogen (secondary N) is 1. The zero-order chi connectivity index (χ0) is 12.8. The molecule has 0 bridgehead atoms. The summed E-state index contributed by atoms with van der Waals surface area (Å²) in [6, 6.07) is 11.7. The molecule has 3 nitrogen and oxygen atoms in total. The van der Waals surface area contributed by atoms with Gasteiger partial charge < -0.3 is 14.5 Å². The first-order valence-electron chi connectivity index (χ1n) is 5.93. The number of furan rings is 1. The average molecular weight is 266 g/mol. The Kier molecular flexibility index (Phi) is 4.67. The first-order valence-corrected chi connectivity index (χ1v) is 6.31. The minimum atomic E-state index is 0.411. The Bertz CT molecular complexity index is 496. The Morgan fingerprint density at radius 2 is 2.06 bits per heavy atom. The fourth-order valence-electron chi connectivity index (χ4n) is 1.66. The molecule has 4 heteroatoms. The Balaban J connectivity index is 1.99. The van der Waals surface area contributed by atoms with E-state index < -0.39 is 0 Å². The fourth-order valence-corrected chi connectivity index (χ4v) is 1.82. The van der Waals surface area contributed by atoms with Gasteiger partial charge in [0.2, 0.25) is 0 Å². The zero-order valence-corrected chi connectivity index (χ0v) is 11.0. The number of rotatable bonds is 6. The molecule has 2 rings (SSSR count). The van der Waals surface area contributed by atoms with Gasteiger partial charge in [0.1, 0.15) is 5.76 Å². The second-order valence-corrected chi connectivity index (χ2v) is 4.23. The van der Waals surface area contributed by atoms with Gasteiger partial charge in [0.15, 0.2) is 5.22 Å². The number of ether oxygens (including phenoxy) is 1. The van der Waals surface area contributed by atoms with Gasteiger partial charge in [-0.25, -0.2) is 0 Å². The summed E-state index contributed by atoms with van der Waals surface area (Å²) in [6.45, 7) is 3.91. The highest BCUT2D eigenvalue weighted by molar-refractivity contribution is 6.28. The Morgan fingerprint density at radius 1 is 1.22 bits per heavy atom. The van der Waals surface area contributed by atoms with Crippen molar-refractivity contribution in [1.82, 2.24) is 0 Å². The molecule has 18 heavy (non-hydrogen) atoms. The Hall–Kier alpha value is -1.45. The number of benzene rings is 1. The molecule has 0 aliphatic heterocycles. The summed E-state index contributed by atoms with van der Waals surface area (Å²) < 4.78 is 10.7. The van der Waals surface area contributed by atoms with Crippen molar-refractivity contribution in [1.29, 1.82) is 0 Å². The first kappa shape index (κ1) is 13.0. The van der Waals surface area contributed by atoms with Crippen LogP contribution < -0.4 is 5.32 Å². The molecule has 0 fully saturated rings. The lowest BCUT2D eigenvalue weighted by Gasteiger charge is -2.10. The van der Waals surface area contributed by atoms with Crippen LogP contribution >= 0.6 is 11.6 Å². The third-order valence-corrected chi connectivity index (χ3v) is 2.76. The summed E-state index contributed by atoms with van der Waals surface area (Å²) in [4.78, 5) is 0. The van der Waals surface area contributed by atoms with Crippen molar-refractivity contribution in [2.45, 2.75) is 20.1 Å². The van der Waals surface area contributed by atoms with E-state index in [9.17, 15) is 0 Å². The van der Waals surface area contributed by atoms with Gasteiger partial charge in [-0.3, -0.25) is 0 Å². The van der Waals surface area contributed by atoms with Gasteiger partial charge >= 0.3 is 0 Å². The van der Waals surface area contributed by atoms with Crippen molar-refractivity contribution < 1.29 is 9.15 Å². The normalized spacial score (nSPS) is 10.6. The average Bonchev–Trinajstić information content (AvgIpc) is 2.81. The fraction of sp³-hybridized carbons (Fsp3) is 0.286. The monoisotopic (exact) mass is 265 g/mol. The molecule has 0 saturated carbocycles. The number of halogens is 1. The van der Waals surface area contributed by atoms with E-state index in [1.54, 1.807) is 6.07 Å². The van der Waals surface area contributed by atoms with E-state index in [-0.39, 0.29) is 0 Å². The molecule has 0 radical (unpaired) electrons. The van der Waals surface area contributed by atoms with Crippen LogP contribution in [0.5, 0.6) is 0 Å². The van der Waals surface area contributed by atoms with Crippen molar-refractivity contribution in [2.75, 3.05) is 11.9 Å². The second-order valence-electron chi connectivity index (χ2n) is 3.85. The smallest absolute Gasteiger partial charge is 0.193 e. The van der Waals surface area contributed by atoms with Gasteiger partial charge in [0, 0.05) is 17.9 Å². The van der Waals surface area contributed by atoms with Crippen LogP contribution in [0.2, 0.25) is 5.22 Å². The topological polar surface area (TPSA) is 34.4 Å². The van der Waals surface area contributed by atoms with Gasteiger partial charge in [-0.05, 0) is 36.7 Å². The van der Waals surface area contributed by atoms with E-state index in [4.69, 9.17) is 20.8 Å². The summed E-state index contributed by atoms with van der Waals surface area (Å²) in [5.74, 6) is 0.811. The van der Waals surface area contributed by atoms with E-state index in [0.29, 0.717) is 25.0 Å². The van der Waals surface area contributed by atoms with Crippen molar-refractivity contribution >= 4 is 17.3 Å².